The van der Waals surface area contributed by atoms with Crippen LogP contribution < -0.4 is 0 Å². The molecule has 0 fully saturated rings. The van der Waals surface area contributed by atoms with Crippen molar-refractivity contribution in [3.05, 3.63) is 0 Å². The number of hydrogen-bond acceptors (Lipinski definition) is 3. The molecule has 0 rings (SSSR count). The van der Waals surface area contributed by atoms with Gasteiger partial charge in [0, 0.05) is 0 Å². The molecule has 0 aliphatic rings. The van der Waals surface area contributed by atoms with Gasteiger partial charge in [0.2, 0.25) is 0 Å². The molecule has 0 aromatic carbocycles. The van der Waals surface area contributed by atoms with E-state index in [1.807, 2.05) is 0 Å². The first-order chi connectivity index (χ1) is 8.49. The molecule has 0 heterocycles. The molecular weight excluding hydrogens is 252 g/mol. The van der Waals surface area contributed by atoms with Gasteiger partial charge in [-0.3, -0.25) is 4.55 Å². The summed E-state index contributed by atoms with van der Waals surface area (Å²) in [7, 11) is -4.28. The van der Waals surface area contributed by atoms with Crippen molar-refractivity contribution >= 4 is 10.4 Å². The Morgan fingerprint density at radius 1 is 0.944 bits per heavy atom. The molecule has 0 aromatic rings. The molecule has 0 bridgehead atoms. The molecule has 0 aromatic heterocycles. The molecule has 0 aliphatic carbocycles. The zero-order valence-corrected chi connectivity index (χ0v) is 12.5. The highest BCUT2D eigenvalue weighted by molar-refractivity contribution is 7.80. The third kappa shape index (κ3) is 12.3. The zero-order chi connectivity index (χ0) is 13.9. The molecule has 1 atom stereocenters. The van der Waals surface area contributed by atoms with Crippen molar-refractivity contribution < 1.29 is 17.2 Å². The lowest BCUT2D eigenvalue weighted by Gasteiger charge is -2.14. The van der Waals surface area contributed by atoms with E-state index in [1.54, 1.807) is 0 Å². The molecule has 0 spiro atoms. The lowest BCUT2D eigenvalue weighted by atomic mass is 9.97. The lowest BCUT2D eigenvalue weighted by molar-refractivity contribution is 0.206. The van der Waals surface area contributed by atoms with E-state index in [9.17, 15) is 8.42 Å². The maximum Gasteiger partial charge on any atom is 0.397 e. The van der Waals surface area contributed by atoms with Gasteiger partial charge in [-0.1, -0.05) is 58.8 Å². The summed E-state index contributed by atoms with van der Waals surface area (Å²) in [6.07, 6.45) is 10.3. The maximum absolute atomic E-state index is 10.5. The molecule has 1 N–H and O–H groups in total. The summed E-state index contributed by atoms with van der Waals surface area (Å²) in [6, 6.07) is 0. The third-order valence-corrected chi connectivity index (χ3v) is 3.55. The van der Waals surface area contributed by atoms with Crippen LogP contribution in [0.5, 0.6) is 0 Å². The van der Waals surface area contributed by atoms with Gasteiger partial charge in [-0.05, 0) is 18.8 Å². The SMILES string of the molecule is CCCCCCCC[C@H](CCC)COS(=O)(=O)O. The monoisotopic (exact) mass is 280 g/mol. The molecule has 0 unspecified atom stereocenters. The van der Waals surface area contributed by atoms with Crippen molar-refractivity contribution in [2.24, 2.45) is 5.92 Å². The summed E-state index contributed by atoms with van der Waals surface area (Å²) in [5, 5.41) is 0. The Balaban J connectivity index is 3.69. The Hall–Kier alpha value is -0.130. The average Bonchev–Trinajstić information content (AvgIpc) is 2.29. The first-order valence-electron chi connectivity index (χ1n) is 7.11. The topological polar surface area (TPSA) is 63.6 Å². The smallest absolute Gasteiger partial charge is 0.264 e. The largest absolute Gasteiger partial charge is 0.397 e. The van der Waals surface area contributed by atoms with Crippen molar-refractivity contribution in [3.8, 4) is 0 Å². The summed E-state index contributed by atoms with van der Waals surface area (Å²) in [4.78, 5) is 0. The van der Waals surface area contributed by atoms with E-state index in [1.165, 1.54) is 32.1 Å². The molecule has 4 nitrogen and oxygen atoms in total. The molecule has 110 valence electrons. The summed E-state index contributed by atoms with van der Waals surface area (Å²) >= 11 is 0. The van der Waals surface area contributed by atoms with Crippen LogP contribution in [0.3, 0.4) is 0 Å². The third-order valence-electron chi connectivity index (χ3n) is 3.12. The Morgan fingerprint density at radius 2 is 1.56 bits per heavy atom. The van der Waals surface area contributed by atoms with Crippen LogP contribution >= 0.6 is 0 Å². The van der Waals surface area contributed by atoms with Gasteiger partial charge in [0.1, 0.15) is 0 Å². The molecule has 0 aliphatic heterocycles. The first-order valence-corrected chi connectivity index (χ1v) is 8.48. The zero-order valence-electron chi connectivity index (χ0n) is 11.7. The van der Waals surface area contributed by atoms with Gasteiger partial charge < -0.3 is 0 Å². The minimum absolute atomic E-state index is 0.113. The van der Waals surface area contributed by atoms with Gasteiger partial charge in [0.25, 0.3) is 0 Å². The normalized spacial score (nSPS) is 13.7. The summed E-state index contributed by atoms with van der Waals surface area (Å²) in [5.41, 5.74) is 0. The number of unbranched alkanes of at least 4 members (excludes halogenated alkanes) is 5. The second-order valence-corrected chi connectivity index (χ2v) is 6.01. The molecular formula is C13H28O4S. The van der Waals surface area contributed by atoms with Crippen LogP contribution in [-0.2, 0) is 14.6 Å². The molecule has 18 heavy (non-hydrogen) atoms. The van der Waals surface area contributed by atoms with Crippen LogP contribution in [-0.4, -0.2) is 19.6 Å². The predicted molar refractivity (Wildman–Crippen MR) is 73.9 cm³/mol. The van der Waals surface area contributed by atoms with Crippen LogP contribution in [0.2, 0.25) is 0 Å². The number of rotatable bonds is 12. The molecule has 0 saturated heterocycles. The second-order valence-electron chi connectivity index (χ2n) is 4.92. The highest BCUT2D eigenvalue weighted by Gasteiger charge is 2.12. The van der Waals surface area contributed by atoms with Crippen LogP contribution in [0, 0.1) is 5.92 Å². The van der Waals surface area contributed by atoms with Gasteiger partial charge in [0.15, 0.2) is 0 Å². The Bertz CT molecular complexity index is 275. The van der Waals surface area contributed by atoms with Gasteiger partial charge in [0.05, 0.1) is 6.61 Å². The van der Waals surface area contributed by atoms with E-state index < -0.39 is 10.4 Å². The fraction of sp³-hybridized carbons (Fsp3) is 1.00. The first kappa shape index (κ1) is 17.9. The van der Waals surface area contributed by atoms with E-state index in [0.717, 1.165) is 25.7 Å². The standard InChI is InChI=1S/C13H28O4S/c1-3-5-6-7-8-9-11-13(10-4-2)12-17-18(14,15)16/h13H,3-12H2,1-2H3,(H,14,15,16)/t13-/m0/s1. The van der Waals surface area contributed by atoms with Crippen LogP contribution in [0.4, 0.5) is 0 Å². The van der Waals surface area contributed by atoms with Gasteiger partial charge >= 0.3 is 10.4 Å². The van der Waals surface area contributed by atoms with Crippen LogP contribution in [0.1, 0.15) is 71.6 Å². The summed E-state index contributed by atoms with van der Waals surface area (Å²) in [6.45, 7) is 4.38. The van der Waals surface area contributed by atoms with Crippen molar-refractivity contribution in [3.63, 3.8) is 0 Å². The number of hydrogen-bond donors (Lipinski definition) is 1. The Labute approximate surface area is 112 Å². The van der Waals surface area contributed by atoms with E-state index in [-0.39, 0.29) is 12.5 Å². The van der Waals surface area contributed by atoms with E-state index in [0.29, 0.717) is 0 Å². The Morgan fingerprint density at radius 3 is 2.11 bits per heavy atom. The van der Waals surface area contributed by atoms with Gasteiger partial charge in [-0.25, -0.2) is 4.18 Å². The molecule has 5 heteroatoms. The van der Waals surface area contributed by atoms with E-state index in [2.05, 4.69) is 18.0 Å². The summed E-state index contributed by atoms with van der Waals surface area (Å²) in [5.74, 6) is 0.239. The van der Waals surface area contributed by atoms with Crippen molar-refractivity contribution in [1.29, 1.82) is 0 Å². The highest BCUT2D eigenvalue weighted by atomic mass is 32.3. The molecule has 0 amide bonds. The van der Waals surface area contributed by atoms with Crippen molar-refractivity contribution in [1.82, 2.24) is 0 Å². The molecule has 0 radical (unpaired) electrons. The van der Waals surface area contributed by atoms with Crippen LogP contribution in [0.25, 0.3) is 0 Å². The maximum atomic E-state index is 10.5. The van der Waals surface area contributed by atoms with E-state index >= 15 is 0 Å². The fourth-order valence-electron chi connectivity index (χ4n) is 2.11. The average molecular weight is 280 g/mol. The fourth-order valence-corrected chi connectivity index (χ4v) is 2.48. The van der Waals surface area contributed by atoms with Crippen molar-refractivity contribution in [2.45, 2.75) is 71.6 Å². The van der Waals surface area contributed by atoms with Gasteiger partial charge in [-0.2, -0.15) is 8.42 Å². The molecule has 0 saturated carbocycles. The Kier molecular flexibility index (Phi) is 10.7. The predicted octanol–water partition coefficient (Wildman–Crippen LogP) is 3.97. The summed E-state index contributed by atoms with van der Waals surface area (Å²) < 4.78 is 34.1. The minimum Gasteiger partial charge on any atom is -0.264 e. The van der Waals surface area contributed by atoms with Gasteiger partial charge in [-0.15, -0.1) is 0 Å². The second kappa shape index (κ2) is 10.8. The minimum atomic E-state index is -4.28. The van der Waals surface area contributed by atoms with Crippen molar-refractivity contribution in [2.75, 3.05) is 6.61 Å². The highest BCUT2D eigenvalue weighted by Crippen LogP contribution is 2.17. The van der Waals surface area contributed by atoms with E-state index in [4.69, 9.17) is 4.55 Å². The quantitative estimate of drug-likeness (QED) is 0.434. The van der Waals surface area contributed by atoms with Crippen LogP contribution in [0.15, 0.2) is 0 Å². The lowest BCUT2D eigenvalue weighted by Crippen LogP contribution is -2.14.